The van der Waals surface area contributed by atoms with Gasteiger partial charge in [0.05, 0.1) is 6.04 Å². The van der Waals surface area contributed by atoms with Gasteiger partial charge in [0.2, 0.25) is 5.91 Å². The Morgan fingerprint density at radius 3 is 2.41 bits per heavy atom. The third kappa shape index (κ3) is 3.56. The fourth-order valence-corrected chi connectivity index (χ4v) is 1.94. The molecule has 17 heavy (non-hydrogen) atoms. The lowest BCUT2D eigenvalue weighted by Gasteiger charge is -2.18. The van der Waals surface area contributed by atoms with Gasteiger partial charge in [-0.05, 0) is 49.9 Å². The summed E-state index contributed by atoms with van der Waals surface area (Å²) < 4.78 is 4.80. The van der Waals surface area contributed by atoms with Gasteiger partial charge in [-0.2, -0.15) is 0 Å². The van der Waals surface area contributed by atoms with Crippen LogP contribution in [0.4, 0.5) is 0 Å². The maximum atomic E-state index is 11.5. The van der Waals surface area contributed by atoms with E-state index in [4.69, 9.17) is 4.74 Å². The van der Waals surface area contributed by atoms with E-state index in [0.29, 0.717) is 0 Å². The van der Waals surface area contributed by atoms with Crippen molar-refractivity contribution in [3.8, 4) is 0 Å². The fourth-order valence-electron chi connectivity index (χ4n) is 1.94. The van der Waals surface area contributed by atoms with E-state index in [9.17, 15) is 4.79 Å². The number of hydrogen-bond donors (Lipinski definition) is 1. The van der Waals surface area contributed by atoms with E-state index in [1.807, 2.05) is 6.92 Å². The number of benzene rings is 1. The van der Waals surface area contributed by atoms with Gasteiger partial charge in [0, 0.05) is 7.11 Å². The molecule has 0 radical (unpaired) electrons. The smallest absolute Gasteiger partial charge is 0.246 e. The van der Waals surface area contributed by atoms with Crippen LogP contribution in [0.5, 0.6) is 0 Å². The lowest BCUT2D eigenvalue weighted by atomic mass is 9.96. The molecule has 1 amide bonds. The minimum Gasteiger partial charge on any atom is -0.375 e. The Morgan fingerprint density at radius 2 is 1.82 bits per heavy atom. The molecule has 0 saturated heterocycles. The number of aryl methyl sites for hydroxylation is 3. The highest BCUT2D eigenvalue weighted by Crippen LogP contribution is 2.21. The summed E-state index contributed by atoms with van der Waals surface area (Å²) in [5.74, 6) is -0.0855. The number of carbonyl (C=O) groups is 1. The second-order valence-corrected chi connectivity index (χ2v) is 4.52. The van der Waals surface area contributed by atoms with Crippen molar-refractivity contribution in [2.24, 2.45) is 0 Å². The normalized spacial score (nSPS) is 12.3. The Morgan fingerprint density at radius 1 is 1.24 bits per heavy atom. The number of rotatable bonds is 4. The van der Waals surface area contributed by atoms with Crippen LogP contribution in [0.15, 0.2) is 12.1 Å². The summed E-state index contributed by atoms with van der Waals surface area (Å²) in [5, 5.41) is 2.92. The molecule has 0 spiro atoms. The Labute approximate surface area is 103 Å². The van der Waals surface area contributed by atoms with E-state index in [0.717, 1.165) is 5.56 Å². The van der Waals surface area contributed by atoms with Crippen LogP contribution in [0.2, 0.25) is 0 Å². The highest BCUT2D eigenvalue weighted by molar-refractivity contribution is 5.77. The lowest BCUT2D eigenvalue weighted by Crippen LogP contribution is -2.30. The molecule has 94 valence electrons. The van der Waals surface area contributed by atoms with E-state index in [2.05, 4.69) is 38.2 Å². The van der Waals surface area contributed by atoms with E-state index in [-0.39, 0.29) is 18.6 Å². The maximum Gasteiger partial charge on any atom is 0.246 e. The first kappa shape index (κ1) is 13.7. The monoisotopic (exact) mass is 235 g/mol. The molecular formula is C14H21NO2. The molecule has 0 heterocycles. The molecule has 0 aromatic heterocycles. The number of carbonyl (C=O) groups excluding carboxylic acids is 1. The standard InChI is InChI=1S/C14H21NO2/c1-9-6-11(3)13(7-10(9)2)12(4)15-14(16)8-17-5/h6-7,12H,8H2,1-5H3,(H,15,16)/t12-/m1/s1. The van der Waals surface area contributed by atoms with Gasteiger partial charge in [-0.15, -0.1) is 0 Å². The summed E-state index contributed by atoms with van der Waals surface area (Å²) in [4.78, 5) is 11.5. The zero-order chi connectivity index (χ0) is 13.0. The highest BCUT2D eigenvalue weighted by Gasteiger charge is 2.12. The number of nitrogens with one attached hydrogen (secondary N) is 1. The first-order valence-electron chi connectivity index (χ1n) is 5.81. The van der Waals surface area contributed by atoms with Crippen LogP contribution in [-0.2, 0) is 9.53 Å². The quantitative estimate of drug-likeness (QED) is 0.870. The van der Waals surface area contributed by atoms with Crippen molar-refractivity contribution in [1.82, 2.24) is 5.32 Å². The van der Waals surface area contributed by atoms with Gasteiger partial charge in [0.1, 0.15) is 6.61 Å². The summed E-state index contributed by atoms with van der Waals surface area (Å²) in [5.41, 5.74) is 4.90. The molecular weight excluding hydrogens is 214 g/mol. The Hall–Kier alpha value is -1.35. The molecule has 1 rings (SSSR count). The zero-order valence-electron chi connectivity index (χ0n) is 11.3. The lowest BCUT2D eigenvalue weighted by molar-refractivity contribution is -0.125. The van der Waals surface area contributed by atoms with Crippen molar-refractivity contribution in [2.75, 3.05) is 13.7 Å². The maximum absolute atomic E-state index is 11.5. The molecule has 0 unspecified atom stereocenters. The van der Waals surface area contributed by atoms with E-state index in [1.165, 1.54) is 23.8 Å². The van der Waals surface area contributed by atoms with E-state index < -0.39 is 0 Å². The average molecular weight is 235 g/mol. The summed E-state index contributed by atoms with van der Waals surface area (Å²) in [6, 6.07) is 4.31. The van der Waals surface area contributed by atoms with E-state index >= 15 is 0 Å². The number of methoxy groups -OCH3 is 1. The second-order valence-electron chi connectivity index (χ2n) is 4.52. The van der Waals surface area contributed by atoms with Gasteiger partial charge in [-0.1, -0.05) is 12.1 Å². The largest absolute Gasteiger partial charge is 0.375 e. The molecule has 1 atom stereocenters. The van der Waals surface area contributed by atoms with Crippen molar-refractivity contribution < 1.29 is 9.53 Å². The van der Waals surface area contributed by atoms with E-state index in [1.54, 1.807) is 0 Å². The highest BCUT2D eigenvalue weighted by atomic mass is 16.5. The third-order valence-electron chi connectivity index (χ3n) is 3.00. The summed E-state index contributed by atoms with van der Waals surface area (Å²) in [7, 11) is 1.52. The van der Waals surface area contributed by atoms with Crippen LogP contribution in [0, 0.1) is 20.8 Å². The van der Waals surface area contributed by atoms with Crippen LogP contribution in [0.1, 0.15) is 35.2 Å². The van der Waals surface area contributed by atoms with Gasteiger partial charge in [0.15, 0.2) is 0 Å². The van der Waals surface area contributed by atoms with Crippen molar-refractivity contribution >= 4 is 5.91 Å². The summed E-state index contributed by atoms with van der Waals surface area (Å²) >= 11 is 0. The molecule has 1 N–H and O–H groups in total. The van der Waals surface area contributed by atoms with Crippen LogP contribution in [0.3, 0.4) is 0 Å². The topological polar surface area (TPSA) is 38.3 Å². The predicted octanol–water partition coefficient (Wildman–Crippen LogP) is 2.44. The summed E-state index contributed by atoms with van der Waals surface area (Å²) in [6.45, 7) is 8.35. The molecule has 1 aromatic carbocycles. The zero-order valence-corrected chi connectivity index (χ0v) is 11.3. The molecule has 0 aliphatic carbocycles. The molecule has 0 fully saturated rings. The minimum absolute atomic E-state index is 0.0111. The molecule has 3 heteroatoms. The summed E-state index contributed by atoms with van der Waals surface area (Å²) in [6.07, 6.45) is 0. The van der Waals surface area contributed by atoms with Crippen molar-refractivity contribution in [2.45, 2.75) is 33.7 Å². The fraction of sp³-hybridized carbons (Fsp3) is 0.500. The third-order valence-corrected chi connectivity index (χ3v) is 3.00. The van der Waals surface area contributed by atoms with Crippen LogP contribution >= 0.6 is 0 Å². The van der Waals surface area contributed by atoms with Crippen LogP contribution in [0.25, 0.3) is 0 Å². The minimum atomic E-state index is -0.0855. The Bertz CT molecular complexity index is 413. The first-order chi connectivity index (χ1) is 7.95. The molecule has 0 aliphatic rings. The van der Waals surface area contributed by atoms with Crippen molar-refractivity contribution in [3.63, 3.8) is 0 Å². The van der Waals surface area contributed by atoms with Crippen molar-refractivity contribution in [3.05, 3.63) is 34.4 Å². The van der Waals surface area contributed by atoms with Gasteiger partial charge < -0.3 is 10.1 Å². The number of amides is 1. The van der Waals surface area contributed by atoms with Gasteiger partial charge >= 0.3 is 0 Å². The SMILES string of the molecule is COCC(=O)N[C@H](C)c1cc(C)c(C)cc1C. The molecule has 1 aromatic rings. The van der Waals surface area contributed by atoms with Gasteiger partial charge in [-0.25, -0.2) is 0 Å². The van der Waals surface area contributed by atoms with Crippen LogP contribution < -0.4 is 5.32 Å². The number of hydrogen-bond acceptors (Lipinski definition) is 2. The van der Waals surface area contributed by atoms with Crippen molar-refractivity contribution in [1.29, 1.82) is 0 Å². The van der Waals surface area contributed by atoms with Gasteiger partial charge in [-0.3, -0.25) is 4.79 Å². The first-order valence-corrected chi connectivity index (χ1v) is 5.81. The number of ether oxygens (including phenoxy) is 1. The Kier molecular flexibility index (Phi) is 4.70. The van der Waals surface area contributed by atoms with Crippen LogP contribution in [-0.4, -0.2) is 19.6 Å². The second kappa shape index (κ2) is 5.82. The predicted molar refractivity (Wildman–Crippen MR) is 69.1 cm³/mol. The molecule has 0 bridgehead atoms. The molecule has 0 aliphatic heterocycles. The van der Waals surface area contributed by atoms with Gasteiger partial charge in [0.25, 0.3) is 0 Å². The Balaban J connectivity index is 2.85. The average Bonchev–Trinajstić information content (AvgIpc) is 2.23. The molecule has 0 saturated carbocycles. The molecule has 3 nitrogen and oxygen atoms in total.